The number of aliphatic carboxylic acids is 1. The van der Waals surface area contributed by atoms with E-state index in [0.717, 1.165) is 0 Å². The van der Waals surface area contributed by atoms with Crippen LogP contribution in [-0.2, 0) is 4.79 Å². The van der Waals surface area contributed by atoms with E-state index in [2.05, 4.69) is 5.32 Å². The van der Waals surface area contributed by atoms with Crippen LogP contribution in [0.25, 0.3) is 0 Å². The van der Waals surface area contributed by atoms with Gasteiger partial charge in [-0.25, -0.2) is 4.39 Å². The number of hydrogen-bond donors (Lipinski definition) is 2. The van der Waals surface area contributed by atoms with Crippen LogP contribution in [0.4, 0.5) is 4.39 Å². The van der Waals surface area contributed by atoms with Crippen LogP contribution in [0.5, 0.6) is 0 Å². The van der Waals surface area contributed by atoms with Crippen molar-refractivity contribution in [2.75, 3.05) is 0 Å². The number of carboxylic acid groups (broad SMARTS) is 1. The van der Waals surface area contributed by atoms with Crippen molar-refractivity contribution in [1.29, 1.82) is 0 Å². The Morgan fingerprint density at radius 2 is 1.85 bits per heavy atom. The summed E-state index contributed by atoms with van der Waals surface area (Å²) in [4.78, 5) is 23.0. The van der Waals surface area contributed by atoms with E-state index >= 15 is 0 Å². The van der Waals surface area contributed by atoms with Gasteiger partial charge in [0.1, 0.15) is 5.82 Å². The van der Waals surface area contributed by atoms with Crippen molar-refractivity contribution in [1.82, 2.24) is 5.32 Å². The lowest BCUT2D eigenvalue weighted by atomic mass is 10.1. The minimum atomic E-state index is -0.810. The lowest BCUT2D eigenvalue weighted by Gasteiger charge is -2.13. The second-order valence-electron chi connectivity index (χ2n) is 5.44. The lowest BCUT2D eigenvalue weighted by molar-refractivity contribution is -0.141. The smallest absolute Gasteiger partial charge is 0.306 e. The van der Waals surface area contributed by atoms with Gasteiger partial charge in [0.05, 0.1) is 5.92 Å². The summed E-state index contributed by atoms with van der Waals surface area (Å²) in [5.74, 6) is -1.76. The van der Waals surface area contributed by atoms with E-state index in [4.69, 9.17) is 5.11 Å². The second-order valence-corrected chi connectivity index (χ2v) is 5.44. The summed E-state index contributed by atoms with van der Waals surface area (Å²) in [6.07, 6.45) is 1.71. The largest absolute Gasteiger partial charge is 0.481 e. The fraction of sp³-hybridized carbons (Fsp3) is 0.467. The first kappa shape index (κ1) is 14.5. The molecule has 0 aliphatic heterocycles. The molecule has 0 bridgehead atoms. The molecular weight excluding hydrogens is 261 g/mol. The van der Waals surface area contributed by atoms with Crippen LogP contribution >= 0.6 is 0 Å². The number of carbonyl (C=O) groups excluding carboxylic acids is 1. The molecule has 0 heterocycles. The summed E-state index contributed by atoms with van der Waals surface area (Å²) in [5, 5.41) is 11.8. The first-order valence-electron chi connectivity index (χ1n) is 6.69. The zero-order valence-corrected chi connectivity index (χ0v) is 11.6. The fourth-order valence-corrected chi connectivity index (χ4v) is 2.68. The normalized spacial score (nSPS) is 21.8. The van der Waals surface area contributed by atoms with Crippen molar-refractivity contribution in [2.45, 2.75) is 39.2 Å². The molecule has 5 heteroatoms. The Bertz CT molecular complexity index is 533. The highest BCUT2D eigenvalue weighted by molar-refractivity contribution is 5.94. The summed E-state index contributed by atoms with van der Waals surface area (Å²) >= 11 is 0. The number of carboxylic acids is 1. The molecule has 2 N–H and O–H groups in total. The molecule has 0 radical (unpaired) electrons. The maximum Gasteiger partial charge on any atom is 0.306 e. The van der Waals surface area contributed by atoms with Crippen molar-refractivity contribution >= 4 is 11.9 Å². The van der Waals surface area contributed by atoms with E-state index in [9.17, 15) is 14.0 Å². The van der Waals surface area contributed by atoms with Gasteiger partial charge in [0.2, 0.25) is 0 Å². The number of amides is 1. The van der Waals surface area contributed by atoms with E-state index in [1.165, 1.54) is 12.1 Å². The molecule has 20 heavy (non-hydrogen) atoms. The Kier molecular flexibility index (Phi) is 4.06. The van der Waals surface area contributed by atoms with Gasteiger partial charge in [-0.15, -0.1) is 0 Å². The maximum absolute atomic E-state index is 13.5. The third-order valence-electron chi connectivity index (χ3n) is 3.82. The number of halogens is 1. The molecular formula is C15H18FNO3. The second kappa shape index (κ2) is 5.61. The molecule has 108 valence electrons. The topological polar surface area (TPSA) is 66.4 Å². The summed E-state index contributed by atoms with van der Waals surface area (Å²) < 4.78 is 13.5. The van der Waals surface area contributed by atoms with Crippen molar-refractivity contribution in [2.24, 2.45) is 5.92 Å². The third kappa shape index (κ3) is 2.98. The van der Waals surface area contributed by atoms with E-state index in [1.807, 2.05) is 0 Å². The van der Waals surface area contributed by atoms with Crippen molar-refractivity contribution in [3.05, 3.63) is 34.6 Å². The predicted molar refractivity (Wildman–Crippen MR) is 72.1 cm³/mol. The monoisotopic (exact) mass is 279 g/mol. The zero-order valence-electron chi connectivity index (χ0n) is 11.6. The molecule has 1 aliphatic rings. The van der Waals surface area contributed by atoms with Gasteiger partial charge in [-0.05, 0) is 56.4 Å². The van der Waals surface area contributed by atoms with Crippen LogP contribution in [-0.4, -0.2) is 23.0 Å². The minimum absolute atomic E-state index is 0.116. The maximum atomic E-state index is 13.5. The van der Waals surface area contributed by atoms with Gasteiger partial charge in [0, 0.05) is 11.6 Å². The quantitative estimate of drug-likeness (QED) is 0.893. The Hall–Kier alpha value is -1.91. The average Bonchev–Trinajstić information content (AvgIpc) is 2.84. The average molecular weight is 279 g/mol. The first-order chi connectivity index (χ1) is 9.38. The minimum Gasteiger partial charge on any atom is -0.481 e. The Balaban J connectivity index is 2.04. The van der Waals surface area contributed by atoms with Crippen LogP contribution in [0.3, 0.4) is 0 Å². The molecule has 0 spiro atoms. The Morgan fingerprint density at radius 3 is 2.35 bits per heavy atom. The van der Waals surface area contributed by atoms with Crippen LogP contribution < -0.4 is 5.32 Å². The van der Waals surface area contributed by atoms with E-state index in [-0.39, 0.29) is 23.7 Å². The van der Waals surface area contributed by atoms with Crippen LogP contribution in [0.1, 0.15) is 40.7 Å². The SMILES string of the molecule is Cc1cc(C(=O)N[C@@H]2CC[C@H](C(=O)O)C2)cc(C)c1F. The van der Waals surface area contributed by atoms with E-state index < -0.39 is 5.97 Å². The molecule has 1 saturated carbocycles. The van der Waals surface area contributed by atoms with Gasteiger partial charge < -0.3 is 10.4 Å². The highest BCUT2D eigenvalue weighted by Crippen LogP contribution is 2.26. The molecule has 0 aromatic heterocycles. The molecule has 1 aromatic rings. The molecule has 1 aromatic carbocycles. The summed E-state index contributed by atoms with van der Waals surface area (Å²) in [7, 11) is 0. The van der Waals surface area contributed by atoms with Crippen molar-refractivity contribution < 1.29 is 19.1 Å². The number of benzene rings is 1. The highest BCUT2D eigenvalue weighted by atomic mass is 19.1. The Labute approximate surface area is 117 Å². The first-order valence-corrected chi connectivity index (χ1v) is 6.69. The number of carbonyl (C=O) groups is 2. The zero-order chi connectivity index (χ0) is 14.9. The van der Waals surface area contributed by atoms with Gasteiger partial charge in [-0.3, -0.25) is 9.59 Å². The van der Waals surface area contributed by atoms with Crippen LogP contribution in [0.15, 0.2) is 12.1 Å². The van der Waals surface area contributed by atoms with Crippen molar-refractivity contribution in [3.63, 3.8) is 0 Å². The molecule has 1 aliphatic carbocycles. The number of nitrogens with one attached hydrogen (secondary N) is 1. The van der Waals surface area contributed by atoms with Gasteiger partial charge in [0.15, 0.2) is 0 Å². The standard InChI is InChI=1S/C15H18FNO3/c1-8-5-11(6-9(2)13(8)16)14(18)17-12-4-3-10(7-12)15(19)20/h5-6,10,12H,3-4,7H2,1-2H3,(H,17,18)(H,19,20)/t10-,12+/m0/s1. The van der Waals surface area contributed by atoms with Gasteiger partial charge in [-0.2, -0.15) is 0 Å². The highest BCUT2D eigenvalue weighted by Gasteiger charge is 2.30. The van der Waals surface area contributed by atoms with Crippen LogP contribution in [0.2, 0.25) is 0 Å². The fourth-order valence-electron chi connectivity index (χ4n) is 2.68. The summed E-state index contributed by atoms with van der Waals surface area (Å²) in [5.41, 5.74) is 1.29. The van der Waals surface area contributed by atoms with Gasteiger partial charge in [-0.1, -0.05) is 0 Å². The van der Waals surface area contributed by atoms with Gasteiger partial charge in [0.25, 0.3) is 5.91 Å². The Morgan fingerprint density at radius 1 is 1.25 bits per heavy atom. The number of rotatable bonds is 3. The molecule has 4 nitrogen and oxygen atoms in total. The predicted octanol–water partition coefficient (Wildman–Crippen LogP) is 2.43. The molecule has 2 rings (SSSR count). The molecule has 1 fully saturated rings. The van der Waals surface area contributed by atoms with Crippen LogP contribution in [0, 0.1) is 25.6 Å². The molecule has 2 atom stereocenters. The molecule has 0 unspecified atom stereocenters. The number of hydrogen-bond acceptors (Lipinski definition) is 2. The lowest BCUT2D eigenvalue weighted by Crippen LogP contribution is -2.33. The van der Waals surface area contributed by atoms with E-state index in [1.54, 1.807) is 13.8 Å². The number of aryl methyl sites for hydroxylation is 2. The summed E-state index contributed by atoms with van der Waals surface area (Å²) in [6, 6.07) is 2.91. The van der Waals surface area contributed by atoms with Crippen molar-refractivity contribution in [3.8, 4) is 0 Å². The summed E-state index contributed by atoms with van der Waals surface area (Å²) in [6.45, 7) is 3.24. The van der Waals surface area contributed by atoms with Gasteiger partial charge >= 0.3 is 5.97 Å². The molecule has 0 saturated heterocycles. The molecule has 1 amide bonds. The third-order valence-corrected chi connectivity index (χ3v) is 3.82. The van der Waals surface area contributed by atoms with E-state index in [0.29, 0.717) is 36.0 Å².